The summed E-state index contributed by atoms with van der Waals surface area (Å²) in [5.41, 5.74) is 4.30. The lowest BCUT2D eigenvalue weighted by molar-refractivity contribution is -0.131. The molecule has 196 valence electrons. The Hall–Kier alpha value is -4.04. The zero-order chi connectivity index (χ0) is 26.6. The maximum absolute atomic E-state index is 13.8. The fourth-order valence-electron chi connectivity index (χ4n) is 4.94. The molecule has 2 aromatic carbocycles. The number of hydrogen-bond acceptors (Lipinski definition) is 5. The Kier molecular flexibility index (Phi) is 7.51. The topological polar surface area (TPSA) is 64.0 Å². The van der Waals surface area contributed by atoms with E-state index in [1.165, 1.54) is 0 Å². The molecule has 5 rings (SSSR count). The van der Waals surface area contributed by atoms with Crippen molar-refractivity contribution in [3.05, 3.63) is 88.2 Å². The number of carbonyl (C=O) groups excluding carboxylic acids is 2. The van der Waals surface area contributed by atoms with E-state index in [0.29, 0.717) is 49.7 Å². The first-order valence-corrected chi connectivity index (χ1v) is 13.5. The van der Waals surface area contributed by atoms with Crippen LogP contribution in [0.4, 0.5) is 0 Å². The van der Waals surface area contributed by atoms with Crippen LogP contribution in [0.25, 0.3) is 16.9 Å². The minimum atomic E-state index is -0.0238. The second-order valence-corrected chi connectivity index (χ2v) is 10.2. The Morgan fingerprint density at radius 1 is 0.842 bits per heavy atom. The molecule has 0 unspecified atom stereocenters. The molecule has 0 bridgehead atoms. The highest BCUT2D eigenvalue weighted by molar-refractivity contribution is 7.10. The molecular weight excluding hydrogens is 498 g/mol. The van der Waals surface area contributed by atoms with E-state index in [1.54, 1.807) is 25.6 Å². The highest BCUT2D eigenvalue weighted by atomic mass is 32.1. The van der Waals surface area contributed by atoms with Crippen molar-refractivity contribution in [2.24, 2.45) is 0 Å². The largest absolute Gasteiger partial charge is 0.493 e. The molecule has 38 heavy (non-hydrogen) atoms. The number of thiophene rings is 1. The highest BCUT2D eigenvalue weighted by Gasteiger charge is 2.28. The van der Waals surface area contributed by atoms with Crippen LogP contribution < -0.4 is 9.47 Å². The van der Waals surface area contributed by atoms with Crippen LogP contribution in [0.15, 0.2) is 72.1 Å². The molecule has 7 nitrogen and oxygen atoms in total. The first-order chi connectivity index (χ1) is 18.5. The minimum Gasteiger partial charge on any atom is -0.493 e. The average Bonchev–Trinajstić information content (AvgIpc) is 3.60. The number of nitrogens with zero attached hydrogens (tertiary/aromatic N) is 3. The molecule has 4 aromatic rings. The van der Waals surface area contributed by atoms with Gasteiger partial charge in [-0.2, -0.15) is 0 Å². The van der Waals surface area contributed by atoms with E-state index < -0.39 is 0 Å². The van der Waals surface area contributed by atoms with Gasteiger partial charge in [0, 0.05) is 48.5 Å². The zero-order valence-corrected chi connectivity index (χ0v) is 22.7. The van der Waals surface area contributed by atoms with E-state index in [-0.39, 0.29) is 11.8 Å². The van der Waals surface area contributed by atoms with Gasteiger partial charge < -0.3 is 23.8 Å². The lowest BCUT2D eigenvalue weighted by atomic mass is 10.1. The number of aromatic nitrogens is 1. The van der Waals surface area contributed by atoms with Crippen LogP contribution in [-0.2, 0) is 11.2 Å². The minimum absolute atomic E-state index is 0.0238. The summed E-state index contributed by atoms with van der Waals surface area (Å²) in [5, 5.41) is 1.99. The van der Waals surface area contributed by atoms with E-state index >= 15 is 0 Å². The Bertz CT molecular complexity index is 1420. The predicted molar refractivity (Wildman–Crippen MR) is 150 cm³/mol. The van der Waals surface area contributed by atoms with Crippen LogP contribution >= 0.6 is 11.3 Å². The third-order valence-electron chi connectivity index (χ3n) is 7.00. The number of piperazine rings is 1. The van der Waals surface area contributed by atoms with Crippen LogP contribution in [0.3, 0.4) is 0 Å². The normalized spacial score (nSPS) is 13.4. The van der Waals surface area contributed by atoms with Gasteiger partial charge in [-0.15, -0.1) is 11.3 Å². The van der Waals surface area contributed by atoms with E-state index in [4.69, 9.17) is 9.47 Å². The molecule has 1 aliphatic rings. The molecule has 1 fully saturated rings. The van der Waals surface area contributed by atoms with Gasteiger partial charge in [-0.25, -0.2) is 0 Å². The molecule has 0 N–H and O–H groups in total. The summed E-state index contributed by atoms with van der Waals surface area (Å²) in [6.45, 7) is 4.07. The van der Waals surface area contributed by atoms with Gasteiger partial charge in [-0.05, 0) is 42.1 Å². The summed E-state index contributed by atoms with van der Waals surface area (Å²) in [6, 6.07) is 21.7. The van der Waals surface area contributed by atoms with Crippen molar-refractivity contribution in [3.8, 4) is 28.4 Å². The molecular formula is C30H31N3O4S. The van der Waals surface area contributed by atoms with Gasteiger partial charge in [-0.3, -0.25) is 9.59 Å². The van der Waals surface area contributed by atoms with Gasteiger partial charge in [0.2, 0.25) is 5.91 Å². The SMILES string of the molecule is COc1ccc(-n2c(-c3ccccc3)cc(C(=O)N3CCN(C(=O)Cc4cccs4)CC3)c2C)cc1OC. The van der Waals surface area contributed by atoms with E-state index in [2.05, 4.69) is 4.57 Å². The first kappa shape index (κ1) is 25.6. The summed E-state index contributed by atoms with van der Waals surface area (Å²) in [5.74, 6) is 1.35. The lowest BCUT2D eigenvalue weighted by Crippen LogP contribution is -2.51. The number of carbonyl (C=O) groups is 2. The Labute approximate surface area is 226 Å². The highest BCUT2D eigenvalue weighted by Crippen LogP contribution is 2.35. The summed E-state index contributed by atoms with van der Waals surface area (Å²) < 4.78 is 13.1. The predicted octanol–water partition coefficient (Wildman–Crippen LogP) is 5.06. The monoisotopic (exact) mass is 529 g/mol. The van der Waals surface area contributed by atoms with E-state index in [0.717, 1.165) is 27.5 Å². The van der Waals surface area contributed by atoms with Gasteiger partial charge in [-0.1, -0.05) is 36.4 Å². The van der Waals surface area contributed by atoms with Crippen molar-refractivity contribution >= 4 is 23.2 Å². The standard InChI is InChI=1S/C30H31N3O4S/c1-21-25(30(35)32-15-13-31(14-16-32)29(34)19-24-10-7-17-38-24)20-26(22-8-5-4-6-9-22)33(21)23-11-12-27(36-2)28(18-23)37-3/h4-12,17-18,20H,13-16,19H2,1-3H3. The Morgan fingerprint density at radius 2 is 1.55 bits per heavy atom. The number of amides is 2. The third kappa shape index (κ3) is 5.04. The van der Waals surface area contributed by atoms with Gasteiger partial charge in [0.15, 0.2) is 11.5 Å². The molecule has 0 spiro atoms. The fraction of sp³-hybridized carbons (Fsp3) is 0.267. The van der Waals surface area contributed by atoms with Crippen LogP contribution in [0, 0.1) is 6.92 Å². The van der Waals surface area contributed by atoms with Crippen molar-refractivity contribution in [3.63, 3.8) is 0 Å². The number of benzene rings is 2. The van der Waals surface area contributed by atoms with Crippen LogP contribution in [0.1, 0.15) is 20.9 Å². The molecule has 2 amide bonds. The van der Waals surface area contributed by atoms with E-state index in [1.807, 2.05) is 88.8 Å². The zero-order valence-electron chi connectivity index (χ0n) is 21.8. The van der Waals surface area contributed by atoms with Gasteiger partial charge >= 0.3 is 0 Å². The quantitative estimate of drug-likeness (QED) is 0.336. The number of methoxy groups -OCH3 is 2. The molecule has 0 saturated carbocycles. The van der Waals surface area contributed by atoms with E-state index in [9.17, 15) is 9.59 Å². The van der Waals surface area contributed by atoms with Crippen LogP contribution in [-0.4, -0.2) is 66.6 Å². The van der Waals surface area contributed by atoms with Crippen LogP contribution in [0.5, 0.6) is 11.5 Å². The third-order valence-corrected chi connectivity index (χ3v) is 7.87. The summed E-state index contributed by atoms with van der Waals surface area (Å²) >= 11 is 1.59. The van der Waals surface area contributed by atoms with Gasteiger partial charge in [0.25, 0.3) is 5.91 Å². The number of hydrogen-bond donors (Lipinski definition) is 0. The molecule has 0 radical (unpaired) electrons. The molecule has 0 aliphatic carbocycles. The Morgan fingerprint density at radius 3 is 2.21 bits per heavy atom. The number of rotatable bonds is 7. The summed E-state index contributed by atoms with van der Waals surface area (Å²) in [4.78, 5) is 31.3. The van der Waals surface area contributed by atoms with Gasteiger partial charge in [0.05, 0.1) is 31.9 Å². The molecule has 2 aromatic heterocycles. The van der Waals surface area contributed by atoms with Crippen LogP contribution in [0.2, 0.25) is 0 Å². The molecule has 3 heterocycles. The fourth-order valence-corrected chi connectivity index (χ4v) is 5.64. The summed E-state index contributed by atoms with van der Waals surface area (Å²) in [7, 11) is 3.22. The molecule has 1 saturated heterocycles. The van der Waals surface area contributed by atoms with Crippen molar-refractivity contribution < 1.29 is 19.1 Å². The molecule has 8 heteroatoms. The smallest absolute Gasteiger partial charge is 0.255 e. The first-order valence-electron chi connectivity index (χ1n) is 12.6. The van der Waals surface area contributed by atoms with Crippen molar-refractivity contribution in [2.75, 3.05) is 40.4 Å². The maximum Gasteiger partial charge on any atom is 0.255 e. The van der Waals surface area contributed by atoms with Crippen molar-refractivity contribution in [1.29, 1.82) is 0 Å². The maximum atomic E-state index is 13.8. The molecule has 1 aliphatic heterocycles. The van der Waals surface area contributed by atoms with Gasteiger partial charge in [0.1, 0.15) is 0 Å². The Balaban J connectivity index is 1.42. The second kappa shape index (κ2) is 11.1. The number of ether oxygens (including phenoxy) is 2. The van der Waals surface area contributed by atoms with Crippen molar-refractivity contribution in [1.82, 2.24) is 14.4 Å². The van der Waals surface area contributed by atoms with Crippen molar-refractivity contribution in [2.45, 2.75) is 13.3 Å². The summed E-state index contributed by atoms with van der Waals surface area (Å²) in [6.07, 6.45) is 0.416. The second-order valence-electron chi connectivity index (χ2n) is 9.20. The molecule has 0 atom stereocenters. The average molecular weight is 530 g/mol. The lowest BCUT2D eigenvalue weighted by Gasteiger charge is -2.34.